The molecular weight excluding hydrogens is 252 g/mol. The van der Waals surface area contributed by atoms with Crippen LogP contribution in [0.4, 0.5) is 0 Å². The van der Waals surface area contributed by atoms with E-state index >= 15 is 0 Å². The van der Waals surface area contributed by atoms with Crippen LogP contribution in [0.15, 0.2) is 0 Å². The van der Waals surface area contributed by atoms with Crippen molar-refractivity contribution in [1.82, 2.24) is 10.0 Å². The van der Waals surface area contributed by atoms with Gasteiger partial charge < -0.3 is 10.1 Å². The van der Waals surface area contributed by atoms with Gasteiger partial charge >= 0.3 is 0 Å². The van der Waals surface area contributed by atoms with Crippen LogP contribution in [0.5, 0.6) is 0 Å². The van der Waals surface area contributed by atoms with Crippen molar-refractivity contribution in [2.75, 3.05) is 25.4 Å². The molecule has 1 atom stereocenters. The molecule has 0 bridgehead atoms. The first-order valence-corrected chi connectivity index (χ1v) is 8.47. The summed E-state index contributed by atoms with van der Waals surface area (Å²) < 4.78 is 31.5. The predicted octanol–water partition coefficient (Wildman–Crippen LogP) is 0.863. The van der Waals surface area contributed by atoms with Gasteiger partial charge in [0.1, 0.15) is 0 Å². The number of ether oxygens (including phenoxy) is 1. The van der Waals surface area contributed by atoms with Crippen molar-refractivity contribution in [1.29, 1.82) is 0 Å². The van der Waals surface area contributed by atoms with Gasteiger partial charge in [0.25, 0.3) is 0 Å². The molecule has 0 aromatic heterocycles. The van der Waals surface area contributed by atoms with Crippen molar-refractivity contribution in [3.05, 3.63) is 0 Å². The number of rotatable bonds is 9. The van der Waals surface area contributed by atoms with Crippen LogP contribution in [0.1, 0.15) is 39.5 Å². The first-order chi connectivity index (χ1) is 8.49. The summed E-state index contributed by atoms with van der Waals surface area (Å²) in [5.41, 5.74) is 0. The molecule has 5 nitrogen and oxygen atoms in total. The third-order valence-electron chi connectivity index (χ3n) is 2.93. The topological polar surface area (TPSA) is 67.4 Å². The van der Waals surface area contributed by atoms with Crippen molar-refractivity contribution in [2.45, 2.75) is 51.7 Å². The number of hydrogen-bond acceptors (Lipinski definition) is 4. The van der Waals surface area contributed by atoms with E-state index in [-0.39, 0.29) is 17.9 Å². The zero-order chi connectivity index (χ0) is 13.4. The maximum atomic E-state index is 11.7. The van der Waals surface area contributed by atoms with Gasteiger partial charge in [0.2, 0.25) is 10.0 Å². The number of unbranched alkanes of at least 4 members (excludes halogenated alkanes) is 1. The van der Waals surface area contributed by atoms with Crippen LogP contribution in [-0.2, 0) is 14.8 Å². The fourth-order valence-corrected chi connectivity index (χ4v) is 3.38. The lowest BCUT2D eigenvalue weighted by Gasteiger charge is -2.12. The third kappa shape index (κ3) is 7.31. The third-order valence-corrected chi connectivity index (χ3v) is 4.41. The minimum Gasteiger partial charge on any atom is -0.379 e. The predicted molar refractivity (Wildman–Crippen MR) is 73.1 cm³/mol. The molecule has 1 aliphatic heterocycles. The molecular formula is C12H26N2O3S. The molecule has 2 N–H and O–H groups in total. The van der Waals surface area contributed by atoms with E-state index in [2.05, 4.69) is 10.0 Å². The monoisotopic (exact) mass is 278 g/mol. The number of nitrogens with one attached hydrogen (secondary N) is 2. The molecule has 0 radical (unpaired) electrons. The Kier molecular flexibility index (Phi) is 7.14. The number of hydrogen-bond donors (Lipinski definition) is 2. The van der Waals surface area contributed by atoms with Crippen molar-refractivity contribution in [3.8, 4) is 0 Å². The van der Waals surface area contributed by atoms with Crippen LogP contribution in [0.3, 0.4) is 0 Å². The maximum absolute atomic E-state index is 11.7. The summed E-state index contributed by atoms with van der Waals surface area (Å²) in [5.74, 6) is 0.204. The summed E-state index contributed by atoms with van der Waals surface area (Å²) in [4.78, 5) is 0. The number of sulfonamides is 1. The molecule has 0 amide bonds. The molecule has 1 unspecified atom stereocenters. The minimum absolute atomic E-state index is 0.131. The van der Waals surface area contributed by atoms with E-state index in [4.69, 9.17) is 4.74 Å². The van der Waals surface area contributed by atoms with Crippen LogP contribution >= 0.6 is 0 Å². The van der Waals surface area contributed by atoms with Gasteiger partial charge in [-0.05, 0) is 46.1 Å². The summed E-state index contributed by atoms with van der Waals surface area (Å²) in [6.07, 6.45) is 4.00. The molecule has 6 heteroatoms. The standard InChI is InChI=1S/C12H26N2O3S/c1-11(2)17-9-4-3-8-14-18(15,16)10-12-6-5-7-13-12/h11-14H,3-10H2,1-2H3. The van der Waals surface area contributed by atoms with Crippen LogP contribution in [0, 0.1) is 0 Å². The zero-order valence-corrected chi connectivity index (χ0v) is 12.3. The Labute approximate surface area is 111 Å². The minimum atomic E-state index is -3.12. The Hall–Kier alpha value is -0.170. The highest BCUT2D eigenvalue weighted by Gasteiger charge is 2.21. The lowest BCUT2D eigenvalue weighted by molar-refractivity contribution is 0.0762. The molecule has 1 saturated heterocycles. The highest BCUT2D eigenvalue weighted by molar-refractivity contribution is 7.89. The van der Waals surface area contributed by atoms with Crippen LogP contribution in [0.2, 0.25) is 0 Å². The molecule has 1 heterocycles. The molecule has 1 fully saturated rings. The molecule has 108 valence electrons. The SMILES string of the molecule is CC(C)OCCCCNS(=O)(=O)CC1CCCN1. The van der Waals surface area contributed by atoms with E-state index in [0.29, 0.717) is 13.2 Å². The Morgan fingerprint density at radius 3 is 2.78 bits per heavy atom. The van der Waals surface area contributed by atoms with Crippen molar-refractivity contribution >= 4 is 10.0 Å². The van der Waals surface area contributed by atoms with Crippen LogP contribution in [-0.4, -0.2) is 46.0 Å². The lowest BCUT2D eigenvalue weighted by atomic mass is 10.3. The van der Waals surface area contributed by atoms with E-state index in [9.17, 15) is 8.42 Å². The second kappa shape index (κ2) is 8.09. The molecule has 1 rings (SSSR count). The van der Waals surface area contributed by atoms with Gasteiger partial charge in [0, 0.05) is 19.2 Å². The average molecular weight is 278 g/mol. The molecule has 1 aliphatic rings. The smallest absolute Gasteiger partial charge is 0.213 e. The Morgan fingerprint density at radius 1 is 1.39 bits per heavy atom. The fourth-order valence-electron chi connectivity index (χ4n) is 2.00. The second-order valence-corrected chi connectivity index (χ2v) is 6.95. The van der Waals surface area contributed by atoms with Gasteiger partial charge in [-0.25, -0.2) is 13.1 Å². The van der Waals surface area contributed by atoms with Crippen LogP contribution < -0.4 is 10.0 Å². The fraction of sp³-hybridized carbons (Fsp3) is 1.00. The second-order valence-electron chi connectivity index (χ2n) is 5.10. The quantitative estimate of drug-likeness (QED) is 0.614. The molecule has 0 spiro atoms. The molecule has 18 heavy (non-hydrogen) atoms. The first kappa shape index (κ1) is 15.9. The Morgan fingerprint density at radius 2 is 2.17 bits per heavy atom. The Balaban J connectivity index is 2.06. The van der Waals surface area contributed by atoms with Gasteiger partial charge in [0.05, 0.1) is 11.9 Å². The van der Waals surface area contributed by atoms with E-state index in [1.807, 2.05) is 13.8 Å². The van der Waals surface area contributed by atoms with Gasteiger partial charge in [-0.2, -0.15) is 0 Å². The van der Waals surface area contributed by atoms with Gasteiger partial charge in [0.15, 0.2) is 0 Å². The van der Waals surface area contributed by atoms with Gasteiger partial charge in [-0.15, -0.1) is 0 Å². The van der Waals surface area contributed by atoms with Crippen molar-refractivity contribution in [3.63, 3.8) is 0 Å². The largest absolute Gasteiger partial charge is 0.379 e. The zero-order valence-electron chi connectivity index (χ0n) is 11.4. The summed E-state index contributed by atoms with van der Waals surface area (Å²) in [5, 5.41) is 3.20. The van der Waals surface area contributed by atoms with E-state index in [1.165, 1.54) is 0 Å². The average Bonchev–Trinajstić information content (AvgIpc) is 2.74. The lowest BCUT2D eigenvalue weighted by Crippen LogP contribution is -2.37. The summed E-state index contributed by atoms with van der Waals surface area (Å²) in [6, 6.07) is 0.131. The Bertz CT molecular complexity index is 311. The maximum Gasteiger partial charge on any atom is 0.213 e. The highest BCUT2D eigenvalue weighted by atomic mass is 32.2. The van der Waals surface area contributed by atoms with E-state index in [1.54, 1.807) is 0 Å². The van der Waals surface area contributed by atoms with Crippen molar-refractivity contribution in [2.24, 2.45) is 0 Å². The first-order valence-electron chi connectivity index (χ1n) is 6.82. The summed E-state index contributed by atoms with van der Waals surface area (Å²) in [7, 11) is -3.12. The van der Waals surface area contributed by atoms with Gasteiger partial charge in [-0.3, -0.25) is 0 Å². The summed E-state index contributed by atoms with van der Waals surface area (Å²) >= 11 is 0. The van der Waals surface area contributed by atoms with Crippen molar-refractivity contribution < 1.29 is 13.2 Å². The van der Waals surface area contributed by atoms with Gasteiger partial charge in [-0.1, -0.05) is 0 Å². The normalized spacial score (nSPS) is 20.7. The molecule has 0 aliphatic carbocycles. The van der Waals surface area contributed by atoms with Crippen LogP contribution in [0.25, 0.3) is 0 Å². The highest BCUT2D eigenvalue weighted by Crippen LogP contribution is 2.06. The molecule has 0 aromatic carbocycles. The molecule has 0 saturated carbocycles. The molecule has 0 aromatic rings. The summed E-state index contributed by atoms with van der Waals surface area (Å²) in [6.45, 7) is 6.14. The van der Waals surface area contributed by atoms with E-state index in [0.717, 1.165) is 32.2 Å². The van der Waals surface area contributed by atoms with E-state index < -0.39 is 10.0 Å².